The molecule has 6 nitrogen and oxygen atoms in total. The molecule has 0 bridgehead atoms. The van der Waals surface area contributed by atoms with E-state index < -0.39 is 0 Å². The number of aromatic nitrogens is 4. The van der Waals surface area contributed by atoms with Gasteiger partial charge in [0.2, 0.25) is 5.89 Å². The number of halogens is 2. The Morgan fingerprint density at radius 1 is 1.10 bits per heavy atom. The summed E-state index contributed by atoms with van der Waals surface area (Å²) >= 11 is 13.8. The van der Waals surface area contributed by atoms with Crippen molar-refractivity contribution in [2.45, 2.75) is 36.4 Å². The lowest BCUT2D eigenvalue weighted by Gasteiger charge is -2.10. The summed E-state index contributed by atoms with van der Waals surface area (Å²) in [6, 6.07) is 15.3. The summed E-state index contributed by atoms with van der Waals surface area (Å²) in [5, 5.41) is 10.8. The molecule has 1 fully saturated rings. The van der Waals surface area contributed by atoms with E-state index in [0.717, 1.165) is 29.4 Å². The molecule has 2 heterocycles. The molecule has 4 aromatic rings. The number of para-hydroxylation sites is 1. The number of nitrogens with zero attached hydrogens (tertiary/aromatic N) is 4. The molecule has 31 heavy (non-hydrogen) atoms. The van der Waals surface area contributed by atoms with E-state index in [9.17, 15) is 0 Å². The topological polar surface area (TPSA) is 66.0 Å². The van der Waals surface area contributed by atoms with Crippen molar-refractivity contribution >= 4 is 35.0 Å². The van der Waals surface area contributed by atoms with Gasteiger partial charge in [-0.25, -0.2) is 4.98 Å². The monoisotopic (exact) mass is 472 g/mol. The molecule has 1 saturated carbocycles. The molecule has 2 aromatic heterocycles. The minimum Gasteiger partial charge on any atom is -0.484 e. The first-order chi connectivity index (χ1) is 15.2. The maximum Gasteiger partial charge on any atom is 0.205 e. The predicted octanol–water partition coefficient (Wildman–Crippen LogP) is 6.45. The van der Waals surface area contributed by atoms with E-state index in [1.807, 2.05) is 42.5 Å². The van der Waals surface area contributed by atoms with Gasteiger partial charge in [-0.1, -0.05) is 59.2 Å². The fraction of sp³-hybridized carbons (Fsp3) is 0.227. The van der Waals surface area contributed by atoms with Crippen LogP contribution in [-0.4, -0.2) is 19.7 Å². The van der Waals surface area contributed by atoms with Crippen LogP contribution in [0.25, 0.3) is 11.3 Å². The van der Waals surface area contributed by atoms with Crippen molar-refractivity contribution in [1.29, 1.82) is 0 Å². The maximum atomic E-state index is 6.19. The lowest BCUT2D eigenvalue weighted by atomic mass is 10.2. The number of thioether (sulfide) groups is 1. The van der Waals surface area contributed by atoms with Crippen molar-refractivity contribution in [1.82, 2.24) is 19.7 Å². The van der Waals surface area contributed by atoms with Crippen LogP contribution in [0.5, 0.6) is 5.75 Å². The number of ether oxygens (including phenoxy) is 1. The quantitative estimate of drug-likeness (QED) is 0.274. The fourth-order valence-electron chi connectivity index (χ4n) is 3.19. The fourth-order valence-corrected chi connectivity index (χ4v) is 4.45. The van der Waals surface area contributed by atoms with Crippen LogP contribution in [0, 0.1) is 0 Å². The molecule has 5 rings (SSSR count). The van der Waals surface area contributed by atoms with Gasteiger partial charge in [0, 0.05) is 16.6 Å². The summed E-state index contributed by atoms with van der Waals surface area (Å²) in [6.07, 6.45) is 3.95. The molecule has 0 saturated heterocycles. The number of hydrogen-bond donors (Lipinski definition) is 0. The molecule has 0 amide bonds. The van der Waals surface area contributed by atoms with E-state index in [-0.39, 0.29) is 0 Å². The molecule has 0 atom stereocenters. The van der Waals surface area contributed by atoms with Crippen molar-refractivity contribution in [3.8, 4) is 17.1 Å². The predicted molar refractivity (Wildman–Crippen MR) is 121 cm³/mol. The Balaban J connectivity index is 1.28. The zero-order valence-electron chi connectivity index (χ0n) is 16.4. The lowest BCUT2D eigenvalue weighted by molar-refractivity contribution is 0.288. The highest BCUT2D eigenvalue weighted by atomic mass is 35.5. The van der Waals surface area contributed by atoms with E-state index in [4.69, 9.17) is 32.4 Å². The summed E-state index contributed by atoms with van der Waals surface area (Å²) in [5.41, 5.74) is 0.899. The van der Waals surface area contributed by atoms with Gasteiger partial charge in [0.15, 0.2) is 16.7 Å². The van der Waals surface area contributed by atoms with Gasteiger partial charge >= 0.3 is 0 Å². The van der Waals surface area contributed by atoms with Crippen LogP contribution in [0.3, 0.4) is 0 Å². The Kier molecular flexibility index (Phi) is 5.89. The minimum absolute atomic E-state index is 0.311. The van der Waals surface area contributed by atoms with Crippen molar-refractivity contribution in [3.05, 3.63) is 76.5 Å². The molecule has 9 heteroatoms. The van der Waals surface area contributed by atoms with Crippen molar-refractivity contribution in [3.63, 3.8) is 0 Å². The number of oxazole rings is 1. The molecule has 0 N–H and O–H groups in total. The van der Waals surface area contributed by atoms with Crippen LogP contribution < -0.4 is 4.74 Å². The smallest absolute Gasteiger partial charge is 0.205 e. The third-order valence-electron chi connectivity index (χ3n) is 4.83. The molecule has 2 aromatic carbocycles. The number of hydrogen-bond acceptors (Lipinski definition) is 6. The summed E-state index contributed by atoms with van der Waals surface area (Å²) in [4.78, 5) is 4.39. The van der Waals surface area contributed by atoms with Crippen LogP contribution in [0.15, 0.2) is 64.3 Å². The van der Waals surface area contributed by atoms with Crippen LogP contribution in [-0.2, 0) is 12.4 Å². The van der Waals surface area contributed by atoms with E-state index in [1.54, 1.807) is 24.0 Å². The molecule has 1 aliphatic rings. The van der Waals surface area contributed by atoms with Gasteiger partial charge in [0.05, 0.1) is 17.0 Å². The van der Waals surface area contributed by atoms with Crippen LogP contribution >= 0.6 is 35.0 Å². The van der Waals surface area contributed by atoms with Crippen molar-refractivity contribution in [2.75, 3.05) is 0 Å². The SMILES string of the molecule is Clc1cccc(-c2cnc(CSc3nnc(COc4ccccc4Cl)n3C3CC3)o2)c1. The highest BCUT2D eigenvalue weighted by Crippen LogP contribution is 2.39. The first-order valence-electron chi connectivity index (χ1n) is 9.82. The van der Waals surface area contributed by atoms with Crippen molar-refractivity contribution < 1.29 is 9.15 Å². The number of rotatable bonds is 8. The Morgan fingerprint density at radius 3 is 2.77 bits per heavy atom. The maximum absolute atomic E-state index is 6.19. The first-order valence-corrected chi connectivity index (χ1v) is 11.6. The average Bonchev–Trinajstić information content (AvgIpc) is 3.35. The highest BCUT2D eigenvalue weighted by molar-refractivity contribution is 7.98. The van der Waals surface area contributed by atoms with Gasteiger partial charge < -0.3 is 9.15 Å². The molecule has 158 valence electrons. The van der Waals surface area contributed by atoms with E-state index in [1.165, 1.54) is 0 Å². The summed E-state index contributed by atoms with van der Waals surface area (Å²) in [6.45, 7) is 0.311. The van der Waals surface area contributed by atoms with Gasteiger partial charge in [0.1, 0.15) is 12.4 Å². The summed E-state index contributed by atoms with van der Waals surface area (Å²) < 4.78 is 13.9. The Hall–Kier alpha value is -2.48. The zero-order chi connectivity index (χ0) is 21.2. The second-order valence-corrected chi connectivity index (χ2v) is 8.92. The van der Waals surface area contributed by atoms with E-state index in [2.05, 4.69) is 19.7 Å². The normalized spacial score (nSPS) is 13.5. The van der Waals surface area contributed by atoms with Gasteiger partial charge in [0.25, 0.3) is 0 Å². The molecule has 0 radical (unpaired) electrons. The molecule has 0 spiro atoms. The van der Waals surface area contributed by atoms with Crippen LogP contribution in [0.4, 0.5) is 0 Å². The third kappa shape index (κ3) is 4.74. The standard InChI is InChI=1S/C22H18Cl2N4O2S/c23-15-5-3-4-14(10-15)19-11-25-21(30-19)13-31-22-27-26-20(28(22)16-8-9-16)12-29-18-7-2-1-6-17(18)24/h1-7,10-11,16H,8-9,12-13H2. The molecular weight excluding hydrogens is 455 g/mol. The lowest BCUT2D eigenvalue weighted by Crippen LogP contribution is -2.07. The zero-order valence-corrected chi connectivity index (χ0v) is 18.7. The van der Waals surface area contributed by atoms with Gasteiger partial charge in [-0.3, -0.25) is 4.57 Å². The third-order valence-corrected chi connectivity index (χ3v) is 6.30. The minimum atomic E-state index is 0.311. The molecular formula is C22H18Cl2N4O2S. The Bertz CT molecular complexity index is 1210. The highest BCUT2D eigenvalue weighted by Gasteiger charge is 2.30. The van der Waals surface area contributed by atoms with Crippen LogP contribution in [0.1, 0.15) is 30.6 Å². The van der Waals surface area contributed by atoms with Gasteiger partial charge in [-0.15, -0.1) is 10.2 Å². The van der Waals surface area contributed by atoms with Crippen LogP contribution in [0.2, 0.25) is 10.0 Å². The molecule has 0 aliphatic heterocycles. The molecule has 0 unspecified atom stereocenters. The average molecular weight is 473 g/mol. The molecule has 1 aliphatic carbocycles. The second kappa shape index (κ2) is 8.94. The number of benzene rings is 2. The Morgan fingerprint density at radius 2 is 1.97 bits per heavy atom. The van der Waals surface area contributed by atoms with E-state index in [0.29, 0.717) is 45.8 Å². The van der Waals surface area contributed by atoms with Crippen molar-refractivity contribution in [2.24, 2.45) is 0 Å². The summed E-state index contributed by atoms with van der Waals surface area (Å²) in [5.74, 6) is 3.29. The second-order valence-electron chi connectivity index (χ2n) is 7.14. The first kappa shape index (κ1) is 20.4. The Labute approximate surface area is 193 Å². The largest absolute Gasteiger partial charge is 0.484 e. The van der Waals surface area contributed by atoms with E-state index >= 15 is 0 Å². The van der Waals surface area contributed by atoms with Gasteiger partial charge in [-0.2, -0.15) is 0 Å². The van der Waals surface area contributed by atoms with Gasteiger partial charge in [-0.05, 0) is 37.1 Å². The summed E-state index contributed by atoms with van der Waals surface area (Å²) in [7, 11) is 0.